The Morgan fingerprint density at radius 2 is 1.72 bits per heavy atom. The van der Waals surface area contributed by atoms with Crippen LogP contribution < -0.4 is 0 Å². The summed E-state index contributed by atoms with van der Waals surface area (Å²) in [6.45, 7) is 6.89. The number of ketones is 1. The van der Waals surface area contributed by atoms with Gasteiger partial charge in [-0.2, -0.15) is 5.21 Å². The Hall–Kier alpha value is -3.68. The Labute approximate surface area is 211 Å². The largest absolute Gasteiger partial charge is 0.291 e. The summed E-state index contributed by atoms with van der Waals surface area (Å²) in [5, 5.41) is 19.2. The first-order valence-corrected chi connectivity index (χ1v) is 12.8. The highest BCUT2D eigenvalue weighted by atomic mass is 16.1. The van der Waals surface area contributed by atoms with Gasteiger partial charge in [-0.1, -0.05) is 101 Å². The second-order valence-corrected chi connectivity index (χ2v) is 10.8. The zero-order valence-electron chi connectivity index (χ0n) is 21.2. The summed E-state index contributed by atoms with van der Waals surface area (Å²) in [7, 11) is 0. The normalized spacial score (nSPS) is 14.8. The molecule has 2 heterocycles. The van der Waals surface area contributed by atoms with E-state index in [2.05, 4.69) is 71.7 Å². The first-order chi connectivity index (χ1) is 17.4. The molecule has 1 aliphatic carbocycles. The summed E-state index contributed by atoms with van der Waals surface area (Å²) in [6, 6.07) is 16.4. The van der Waals surface area contributed by atoms with Crippen molar-refractivity contribution in [2.75, 3.05) is 0 Å². The van der Waals surface area contributed by atoms with Crippen molar-refractivity contribution in [3.05, 3.63) is 65.7 Å². The van der Waals surface area contributed by atoms with Gasteiger partial charge in [0.2, 0.25) is 17.4 Å². The van der Waals surface area contributed by atoms with E-state index in [0.29, 0.717) is 30.5 Å². The number of carbonyl (C=O) groups is 1. The van der Waals surface area contributed by atoms with E-state index in [-0.39, 0.29) is 11.2 Å². The maximum atomic E-state index is 13.0. The Kier molecular flexibility index (Phi) is 6.76. The maximum Gasteiger partial charge on any atom is 0.217 e. The zero-order chi connectivity index (χ0) is 25.1. The molecule has 1 aliphatic rings. The standard InChI is InChI=1S/C28H33N7O/c1-28(2,3)27-29-26(24(36)17-19-9-5-4-6-10-19)32-35(27)18-20-13-15-21(16-14-20)22-11-7-8-12-23(22)25-30-33-34-31-25/h7-8,11-16,19H,4-6,9-10,17-18H2,1-3H3,(H,30,31,33,34). The summed E-state index contributed by atoms with van der Waals surface area (Å²) < 4.78 is 1.90. The molecule has 0 bridgehead atoms. The van der Waals surface area contributed by atoms with Gasteiger partial charge in [-0.3, -0.25) is 4.79 Å². The SMILES string of the molecule is CC(C)(C)c1nc(C(=O)CC2CCCCC2)nn1Cc1ccc(-c2ccccc2-c2nn[nH]n2)cc1. The molecule has 4 aromatic rings. The molecule has 1 saturated carbocycles. The molecule has 8 nitrogen and oxygen atoms in total. The van der Waals surface area contributed by atoms with Crippen LogP contribution >= 0.6 is 0 Å². The van der Waals surface area contributed by atoms with E-state index >= 15 is 0 Å². The van der Waals surface area contributed by atoms with Crippen molar-refractivity contribution in [2.24, 2.45) is 5.92 Å². The van der Waals surface area contributed by atoms with Crippen LogP contribution in [0.15, 0.2) is 48.5 Å². The third-order valence-corrected chi connectivity index (χ3v) is 6.90. The van der Waals surface area contributed by atoms with Crippen LogP contribution in [0.2, 0.25) is 0 Å². The van der Waals surface area contributed by atoms with E-state index in [9.17, 15) is 4.79 Å². The van der Waals surface area contributed by atoms with Gasteiger partial charge in [0.15, 0.2) is 0 Å². The molecule has 0 amide bonds. The predicted octanol–water partition coefficient (Wildman–Crippen LogP) is 5.62. The van der Waals surface area contributed by atoms with Crippen molar-refractivity contribution in [3.8, 4) is 22.5 Å². The second kappa shape index (κ2) is 10.1. The van der Waals surface area contributed by atoms with Gasteiger partial charge in [-0.05, 0) is 27.8 Å². The van der Waals surface area contributed by atoms with Crippen LogP contribution in [0.3, 0.4) is 0 Å². The summed E-state index contributed by atoms with van der Waals surface area (Å²) in [5.74, 6) is 2.30. The van der Waals surface area contributed by atoms with Crippen LogP contribution in [0.4, 0.5) is 0 Å². The minimum Gasteiger partial charge on any atom is -0.291 e. The molecule has 2 aromatic carbocycles. The van der Waals surface area contributed by atoms with Crippen molar-refractivity contribution in [1.82, 2.24) is 35.4 Å². The monoisotopic (exact) mass is 483 g/mol. The lowest BCUT2D eigenvalue weighted by Gasteiger charge is -2.19. The summed E-state index contributed by atoms with van der Waals surface area (Å²) >= 11 is 0. The van der Waals surface area contributed by atoms with E-state index in [1.54, 1.807) is 0 Å². The highest BCUT2D eigenvalue weighted by Gasteiger charge is 2.27. The lowest BCUT2D eigenvalue weighted by atomic mass is 9.86. The number of H-pyrrole nitrogens is 1. The van der Waals surface area contributed by atoms with Crippen molar-refractivity contribution in [2.45, 2.75) is 71.3 Å². The summed E-state index contributed by atoms with van der Waals surface area (Å²) in [4.78, 5) is 17.8. The fraction of sp³-hybridized carbons (Fsp3) is 0.429. The lowest BCUT2D eigenvalue weighted by molar-refractivity contribution is 0.0939. The zero-order valence-corrected chi connectivity index (χ0v) is 21.2. The number of hydrogen-bond acceptors (Lipinski definition) is 6. The minimum atomic E-state index is -0.222. The smallest absolute Gasteiger partial charge is 0.217 e. The van der Waals surface area contributed by atoms with E-state index in [1.807, 2.05) is 22.9 Å². The van der Waals surface area contributed by atoms with Crippen LogP contribution in [-0.2, 0) is 12.0 Å². The number of nitrogens with one attached hydrogen (secondary N) is 1. The Morgan fingerprint density at radius 1 is 1.00 bits per heavy atom. The Morgan fingerprint density at radius 3 is 2.39 bits per heavy atom. The number of aromatic amines is 1. The van der Waals surface area contributed by atoms with Crippen molar-refractivity contribution >= 4 is 5.78 Å². The fourth-order valence-electron chi connectivity index (χ4n) is 5.04. The van der Waals surface area contributed by atoms with Gasteiger partial charge in [-0.25, -0.2) is 9.67 Å². The fourth-order valence-corrected chi connectivity index (χ4v) is 5.04. The highest BCUT2D eigenvalue weighted by molar-refractivity contribution is 5.92. The summed E-state index contributed by atoms with van der Waals surface area (Å²) in [6.07, 6.45) is 6.57. The molecular formula is C28H33N7O. The molecular weight excluding hydrogens is 450 g/mol. The molecule has 5 rings (SSSR count). The van der Waals surface area contributed by atoms with Crippen LogP contribution in [0.1, 0.15) is 81.3 Å². The van der Waals surface area contributed by atoms with Gasteiger partial charge in [-0.15, -0.1) is 15.3 Å². The molecule has 1 fully saturated rings. The molecule has 0 unspecified atom stereocenters. The van der Waals surface area contributed by atoms with Crippen molar-refractivity contribution in [3.63, 3.8) is 0 Å². The van der Waals surface area contributed by atoms with E-state index < -0.39 is 0 Å². The molecule has 8 heteroatoms. The third kappa shape index (κ3) is 5.27. The number of hydrogen-bond donors (Lipinski definition) is 1. The summed E-state index contributed by atoms with van der Waals surface area (Å²) in [5.41, 5.74) is 3.90. The number of aromatic nitrogens is 7. The number of nitrogens with zero attached hydrogens (tertiary/aromatic N) is 6. The number of Topliss-reactive ketones (excluding diaryl/α,β-unsaturated/α-hetero) is 1. The van der Waals surface area contributed by atoms with E-state index in [1.165, 1.54) is 19.3 Å². The van der Waals surface area contributed by atoms with Crippen molar-refractivity contribution in [1.29, 1.82) is 0 Å². The topological polar surface area (TPSA) is 102 Å². The van der Waals surface area contributed by atoms with Gasteiger partial charge in [0.1, 0.15) is 5.82 Å². The van der Waals surface area contributed by atoms with Gasteiger partial charge >= 0.3 is 0 Å². The average Bonchev–Trinajstić information content (AvgIpc) is 3.56. The quantitative estimate of drug-likeness (QED) is 0.342. The first kappa shape index (κ1) is 24.0. The molecule has 0 aliphatic heterocycles. The molecule has 186 valence electrons. The van der Waals surface area contributed by atoms with Crippen LogP contribution in [0.25, 0.3) is 22.5 Å². The molecule has 1 N–H and O–H groups in total. The number of tetrazole rings is 1. The number of rotatable bonds is 7. The lowest BCUT2D eigenvalue weighted by Crippen LogP contribution is -2.20. The average molecular weight is 484 g/mol. The third-order valence-electron chi connectivity index (χ3n) is 6.90. The highest BCUT2D eigenvalue weighted by Crippen LogP contribution is 2.31. The van der Waals surface area contributed by atoms with Gasteiger partial charge < -0.3 is 0 Å². The van der Waals surface area contributed by atoms with Crippen LogP contribution in [-0.4, -0.2) is 41.2 Å². The van der Waals surface area contributed by atoms with Gasteiger partial charge in [0, 0.05) is 17.4 Å². The number of carbonyl (C=O) groups excluding carboxylic acids is 1. The molecule has 0 spiro atoms. The van der Waals surface area contributed by atoms with E-state index in [4.69, 9.17) is 10.1 Å². The van der Waals surface area contributed by atoms with Gasteiger partial charge in [0.25, 0.3) is 0 Å². The first-order valence-electron chi connectivity index (χ1n) is 12.8. The predicted molar refractivity (Wildman–Crippen MR) is 138 cm³/mol. The molecule has 2 aromatic heterocycles. The molecule has 36 heavy (non-hydrogen) atoms. The van der Waals surface area contributed by atoms with E-state index in [0.717, 1.165) is 40.9 Å². The van der Waals surface area contributed by atoms with Gasteiger partial charge in [0.05, 0.1) is 6.54 Å². The molecule has 0 saturated heterocycles. The molecule has 0 radical (unpaired) electrons. The maximum absolute atomic E-state index is 13.0. The Bertz CT molecular complexity index is 1310. The van der Waals surface area contributed by atoms with Crippen LogP contribution in [0, 0.1) is 5.92 Å². The Balaban J connectivity index is 1.37. The minimum absolute atomic E-state index is 0.0690. The van der Waals surface area contributed by atoms with Crippen molar-refractivity contribution < 1.29 is 4.79 Å². The number of benzene rings is 2. The second-order valence-electron chi connectivity index (χ2n) is 10.8. The molecule has 0 atom stereocenters. The van der Waals surface area contributed by atoms with Crippen LogP contribution in [0.5, 0.6) is 0 Å².